The monoisotopic (exact) mass is 510 g/mol. The number of carbonyl (C=O) groups excluding carboxylic acids is 2. The molecular formula is C28H51ClN4O2. The van der Waals surface area contributed by atoms with Gasteiger partial charge in [0.1, 0.15) is 6.29 Å². The molecule has 1 saturated heterocycles. The molecule has 1 aliphatic heterocycles. The number of aldehydes is 1. The minimum atomic E-state index is -0.496. The van der Waals surface area contributed by atoms with Crippen LogP contribution in [0.4, 0.5) is 0 Å². The third-order valence-corrected chi connectivity index (χ3v) is 10.4. The lowest BCUT2D eigenvalue weighted by atomic mass is 9.64. The van der Waals surface area contributed by atoms with E-state index in [4.69, 9.17) is 11.6 Å². The van der Waals surface area contributed by atoms with Crippen molar-refractivity contribution in [3.8, 4) is 0 Å². The molecule has 2 aliphatic carbocycles. The second-order valence-electron chi connectivity index (χ2n) is 12.2. The van der Waals surface area contributed by atoms with Gasteiger partial charge >= 0.3 is 0 Å². The number of hydrogen-bond donors (Lipinski definition) is 1. The molecule has 3 aliphatic rings. The third kappa shape index (κ3) is 6.25. The van der Waals surface area contributed by atoms with E-state index in [2.05, 4.69) is 56.9 Å². The van der Waals surface area contributed by atoms with Gasteiger partial charge in [-0.3, -0.25) is 9.69 Å². The second-order valence-corrected chi connectivity index (χ2v) is 12.9. The predicted octanol–water partition coefficient (Wildman–Crippen LogP) is 3.86. The SMILES string of the molecule is CCN(C1CCC(N(C)C)CC1)C1CC(Cl)CC(C=O)(CNCC2C(=O)N(C)C(C)CC2C)C1C. The highest BCUT2D eigenvalue weighted by molar-refractivity contribution is 6.20. The minimum Gasteiger partial charge on any atom is -0.343 e. The summed E-state index contributed by atoms with van der Waals surface area (Å²) < 4.78 is 0. The zero-order chi connectivity index (χ0) is 25.9. The molecule has 7 heteroatoms. The molecular weight excluding hydrogens is 460 g/mol. The summed E-state index contributed by atoms with van der Waals surface area (Å²) in [6.07, 6.45) is 8.76. The van der Waals surface area contributed by atoms with E-state index >= 15 is 0 Å². The van der Waals surface area contributed by atoms with E-state index in [0.29, 0.717) is 49.6 Å². The fourth-order valence-corrected chi connectivity index (χ4v) is 7.85. The van der Waals surface area contributed by atoms with Crippen molar-refractivity contribution in [3.05, 3.63) is 0 Å². The van der Waals surface area contributed by atoms with Crippen LogP contribution in [0.1, 0.15) is 72.6 Å². The first kappa shape index (κ1) is 28.9. The van der Waals surface area contributed by atoms with Crippen molar-refractivity contribution in [1.82, 2.24) is 20.0 Å². The highest BCUT2D eigenvalue weighted by Crippen LogP contribution is 2.45. The van der Waals surface area contributed by atoms with Crippen LogP contribution in [-0.2, 0) is 9.59 Å². The normalized spacial score (nSPS) is 41.0. The molecule has 35 heavy (non-hydrogen) atoms. The van der Waals surface area contributed by atoms with E-state index in [1.807, 2.05) is 11.9 Å². The average Bonchev–Trinajstić information content (AvgIpc) is 2.83. The predicted molar refractivity (Wildman–Crippen MR) is 145 cm³/mol. The number of alkyl halides is 1. The molecule has 2 saturated carbocycles. The molecule has 0 aromatic carbocycles. The van der Waals surface area contributed by atoms with Crippen molar-refractivity contribution < 1.29 is 9.59 Å². The molecule has 0 aromatic heterocycles. The summed E-state index contributed by atoms with van der Waals surface area (Å²) >= 11 is 6.87. The maximum atomic E-state index is 12.9. The number of amides is 1. The Bertz CT molecular complexity index is 713. The standard InChI is InChI=1S/C28H51ClN4O2/c1-8-33(24-11-9-23(10-12-24)31(5)6)26-14-22(29)15-28(18-34,21(26)4)17-30-16-25-19(2)13-20(3)32(7)27(25)35/h18-26,30H,8-17H2,1-7H3. The molecule has 1 heterocycles. The molecule has 1 amide bonds. The summed E-state index contributed by atoms with van der Waals surface area (Å²) in [5, 5.41) is 3.58. The fraction of sp³-hybridized carbons (Fsp3) is 0.929. The number of carbonyl (C=O) groups is 2. The summed E-state index contributed by atoms with van der Waals surface area (Å²) in [7, 11) is 6.29. The zero-order valence-corrected chi connectivity index (χ0v) is 24.1. The van der Waals surface area contributed by atoms with Gasteiger partial charge in [0.25, 0.3) is 0 Å². The van der Waals surface area contributed by atoms with Crippen LogP contribution in [0.25, 0.3) is 0 Å². The van der Waals surface area contributed by atoms with Crippen LogP contribution in [0.15, 0.2) is 0 Å². The van der Waals surface area contributed by atoms with Crippen LogP contribution in [0.2, 0.25) is 0 Å². The maximum Gasteiger partial charge on any atom is 0.227 e. The average molecular weight is 511 g/mol. The lowest BCUT2D eigenvalue weighted by Crippen LogP contribution is -2.59. The van der Waals surface area contributed by atoms with Crippen LogP contribution in [0.5, 0.6) is 0 Å². The Morgan fingerprint density at radius 2 is 1.74 bits per heavy atom. The molecule has 0 bridgehead atoms. The Kier molecular flexibility index (Phi) is 10.1. The van der Waals surface area contributed by atoms with Crippen molar-refractivity contribution in [3.63, 3.8) is 0 Å². The molecule has 6 nitrogen and oxygen atoms in total. The Labute approximate surface area is 219 Å². The van der Waals surface area contributed by atoms with E-state index in [0.717, 1.165) is 19.4 Å². The van der Waals surface area contributed by atoms with Crippen molar-refractivity contribution in [1.29, 1.82) is 0 Å². The van der Waals surface area contributed by atoms with Gasteiger partial charge in [-0.2, -0.15) is 0 Å². The lowest BCUT2D eigenvalue weighted by Gasteiger charge is -2.52. The van der Waals surface area contributed by atoms with Crippen molar-refractivity contribution in [2.24, 2.45) is 23.2 Å². The number of nitrogens with one attached hydrogen (secondary N) is 1. The van der Waals surface area contributed by atoms with Gasteiger partial charge in [0.15, 0.2) is 0 Å². The first-order chi connectivity index (χ1) is 16.5. The molecule has 1 N–H and O–H groups in total. The number of halogens is 1. The van der Waals surface area contributed by atoms with Crippen molar-refractivity contribution in [2.75, 3.05) is 40.8 Å². The fourth-order valence-electron chi connectivity index (χ4n) is 7.39. The van der Waals surface area contributed by atoms with Gasteiger partial charge in [0, 0.05) is 55.1 Å². The molecule has 202 valence electrons. The van der Waals surface area contributed by atoms with E-state index in [1.165, 1.54) is 32.0 Å². The molecule has 3 rings (SSSR count). The molecule has 3 fully saturated rings. The van der Waals surface area contributed by atoms with Gasteiger partial charge in [0.05, 0.1) is 5.92 Å². The minimum absolute atomic E-state index is 0.00224. The third-order valence-electron chi connectivity index (χ3n) is 10.0. The van der Waals surface area contributed by atoms with Gasteiger partial charge < -0.3 is 19.9 Å². The number of likely N-dealkylation sites (tertiary alicyclic amines) is 1. The Morgan fingerprint density at radius 3 is 2.31 bits per heavy atom. The summed E-state index contributed by atoms with van der Waals surface area (Å²) in [5.74, 6) is 0.759. The van der Waals surface area contributed by atoms with Crippen LogP contribution in [0, 0.1) is 23.2 Å². The summed E-state index contributed by atoms with van der Waals surface area (Å²) in [6, 6.07) is 1.85. The van der Waals surface area contributed by atoms with Crippen molar-refractivity contribution in [2.45, 2.75) is 102 Å². The highest BCUT2D eigenvalue weighted by atomic mass is 35.5. The largest absolute Gasteiger partial charge is 0.343 e. The van der Waals surface area contributed by atoms with Crippen LogP contribution in [-0.4, -0.2) is 97.2 Å². The first-order valence-electron chi connectivity index (χ1n) is 14.0. The lowest BCUT2D eigenvalue weighted by molar-refractivity contribution is -0.142. The van der Waals surface area contributed by atoms with Crippen LogP contribution in [0.3, 0.4) is 0 Å². The Balaban J connectivity index is 1.68. The van der Waals surface area contributed by atoms with E-state index < -0.39 is 5.41 Å². The Morgan fingerprint density at radius 1 is 1.11 bits per heavy atom. The summed E-state index contributed by atoms with van der Waals surface area (Å²) in [5.41, 5.74) is -0.496. The number of nitrogens with zero attached hydrogens (tertiary/aromatic N) is 3. The molecule has 7 unspecified atom stereocenters. The van der Waals surface area contributed by atoms with Crippen LogP contribution < -0.4 is 5.32 Å². The summed E-state index contributed by atoms with van der Waals surface area (Å²) in [4.78, 5) is 32.5. The van der Waals surface area contributed by atoms with Crippen LogP contribution >= 0.6 is 11.6 Å². The van der Waals surface area contributed by atoms with Crippen molar-refractivity contribution >= 4 is 23.8 Å². The van der Waals surface area contributed by atoms with Gasteiger partial charge in [-0.25, -0.2) is 0 Å². The molecule has 7 atom stereocenters. The van der Waals surface area contributed by atoms with E-state index in [1.54, 1.807) is 0 Å². The topological polar surface area (TPSA) is 55.9 Å². The van der Waals surface area contributed by atoms with Gasteiger partial charge in [-0.1, -0.05) is 20.8 Å². The number of hydrogen-bond acceptors (Lipinski definition) is 5. The van der Waals surface area contributed by atoms with Gasteiger partial charge in [-0.05, 0) is 84.3 Å². The van der Waals surface area contributed by atoms with E-state index in [-0.39, 0.29) is 23.1 Å². The number of rotatable bonds is 9. The maximum absolute atomic E-state index is 12.9. The first-order valence-corrected chi connectivity index (χ1v) is 14.5. The zero-order valence-electron chi connectivity index (χ0n) is 23.3. The van der Waals surface area contributed by atoms with Gasteiger partial charge in [-0.15, -0.1) is 11.6 Å². The quantitative estimate of drug-likeness (QED) is 0.377. The molecule has 0 aromatic rings. The second kappa shape index (κ2) is 12.2. The molecule has 0 spiro atoms. The van der Waals surface area contributed by atoms with E-state index in [9.17, 15) is 9.59 Å². The number of piperidine rings is 1. The summed E-state index contributed by atoms with van der Waals surface area (Å²) in [6.45, 7) is 11.0. The smallest absolute Gasteiger partial charge is 0.227 e. The highest BCUT2D eigenvalue weighted by Gasteiger charge is 2.49. The molecule has 0 radical (unpaired) electrons. The van der Waals surface area contributed by atoms with Gasteiger partial charge in [0.2, 0.25) is 5.91 Å². The Hall–Kier alpha value is -0.690.